The van der Waals surface area contributed by atoms with E-state index in [1.54, 1.807) is 4.57 Å². The zero-order valence-electron chi connectivity index (χ0n) is 7.41. The van der Waals surface area contributed by atoms with Crippen LogP contribution in [0, 0.1) is 6.92 Å². The van der Waals surface area contributed by atoms with Gasteiger partial charge in [0.1, 0.15) is 5.82 Å². The molecule has 72 valence electrons. The summed E-state index contributed by atoms with van der Waals surface area (Å²) >= 11 is 9.27. The molecule has 0 amide bonds. The van der Waals surface area contributed by atoms with E-state index in [9.17, 15) is 0 Å². The van der Waals surface area contributed by atoms with Gasteiger partial charge in [0.2, 0.25) is 5.28 Å². The van der Waals surface area contributed by atoms with Crippen molar-refractivity contribution in [3.05, 3.63) is 39.8 Å². The average Bonchev–Trinajstić information content (AvgIpc) is 2.49. The van der Waals surface area contributed by atoms with E-state index < -0.39 is 0 Å². The second kappa shape index (κ2) is 3.71. The van der Waals surface area contributed by atoms with Gasteiger partial charge in [-0.1, -0.05) is 15.9 Å². The van der Waals surface area contributed by atoms with Crippen LogP contribution in [0.3, 0.4) is 0 Å². The highest BCUT2D eigenvalue weighted by Gasteiger charge is 2.07. The summed E-state index contributed by atoms with van der Waals surface area (Å²) in [6.07, 6.45) is 0. The van der Waals surface area contributed by atoms with Crippen LogP contribution in [0.1, 0.15) is 5.82 Å². The van der Waals surface area contributed by atoms with Crippen LogP contribution in [-0.2, 0) is 0 Å². The van der Waals surface area contributed by atoms with Crippen molar-refractivity contribution in [3.63, 3.8) is 0 Å². The van der Waals surface area contributed by atoms with Gasteiger partial charge in [-0.05, 0) is 42.8 Å². The summed E-state index contributed by atoms with van der Waals surface area (Å²) < 4.78 is 2.82. The van der Waals surface area contributed by atoms with Gasteiger partial charge < -0.3 is 0 Å². The van der Waals surface area contributed by atoms with Crippen LogP contribution in [-0.4, -0.2) is 14.8 Å². The zero-order chi connectivity index (χ0) is 10.1. The molecule has 0 spiro atoms. The van der Waals surface area contributed by atoms with Crippen LogP contribution < -0.4 is 0 Å². The number of hydrogen-bond acceptors (Lipinski definition) is 2. The van der Waals surface area contributed by atoms with E-state index in [2.05, 4.69) is 26.1 Å². The van der Waals surface area contributed by atoms with Crippen LogP contribution in [0.2, 0.25) is 5.28 Å². The number of aromatic nitrogens is 3. The van der Waals surface area contributed by atoms with Crippen molar-refractivity contribution in [1.82, 2.24) is 14.8 Å². The van der Waals surface area contributed by atoms with Crippen molar-refractivity contribution in [1.29, 1.82) is 0 Å². The fourth-order valence-electron chi connectivity index (χ4n) is 1.22. The van der Waals surface area contributed by atoms with E-state index >= 15 is 0 Å². The summed E-state index contributed by atoms with van der Waals surface area (Å²) in [6.45, 7) is 1.86. The molecular formula is C9H7BrClN3. The Morgan fingerprint density at radius 3 is 2.36 bits per heavy atom. The molecule has 2 rings (SSSR count). The predicted molar refractivity (Wildman–Crippen MR) is 58.8 cm³/mol. The molecule has 2 aromatic rings. The monoisotopic (exact) mass is 271 g/mol. The molecule has 1 aromatic carbocycles. The molecule has 0 saturated carbocycles. The van der Waals surface area contributed by atoms with E-state index in [1.807, 2.05) is 31.2 Å². The first-order valence-corrected chi connectivity index (χ1v) is 5.19. The lowest BCUT2D eigenvalue weighted by Gasteiger charge is -2.04. The third-order valence-electron chi connectivity index (χ3n) is 1.87. The Kier molecular flexibility index (Phi) is 2.56. The summed E-state index contributed by atoms with van der Waals surface area (Å²) in [7, 11) is 0. The Morgan fingerprint density at radius 1 is 1.21 bits per heavy atom. The van der Waals surface area contributed by atoms with Gasteiger partial charge in [-0.25, -0.2) is 0 Å². The minimum atomic E-state index is 0.379. The molecule has 5 heteroatoms. The quantitative estimate of drug-likeness (QED) is 0.799. The number of benzene rings is 1. The topological polar surface area (TPSA) is 30.7 Å². The molecule has 0 radical (unpaired) electrons. The molecule has 0 atom stereocenters. The van der Waals surface area contributed by atoms with Gasteiger partial charge in [-0.3, -0.25) is 4.57 Å². The molecule has 1 aromatic heterocycles. The Bertz CT molecular complexity index is 430. The highest BCUT2D eigenvalue weighted by molar-refractivity contribution is 9.10. The van der Waals surface area contributed by atoms with E-state index in [0.717, 1.165) is 16.0 Å². The normalized spacial score (nSPS) is 10.5. The summed E-state index contributed by atoms with van der Waals surface area (Å²) in [6, 6.07) is 7.80. The van der Waals surface area contributed by atoms with Gasteiger partial charge in [0.05, 0.1) is 0 Å². The highest BCUT2D eigenvalue weighted by atomic mass is 79.9. The Balaban J connectivity index is 2.54. The molecular weight excluding hydrogens is 265 g/mol. The van der Waals surface area contributed by atoms with Crippen LogP contribution in [0.25, 0.3) is 5.69 Å². The summed E-state index contributed by atoms with van der Waals surface area (Å²) in [5.74, 6) is 0.775. The van der Waals surface area contributed by atoms with Gasteiger partial charge in [0.15, 0.2) is 0 Å². The number of rotatable bonds is 1. The Labute approximate surface area is 94.9 Å². The number of halogens is 2. The summed E-state index contributed by atoms with van der Waals surface area (Å²) in [4.78, 5) is 0. The molecule has 1 heterocycles. The number of hydrogen-bond donors (Lipinski definition) is 0. The lowest BCUT2D eigenvalue weighted by Crippen LogP contribution is -1.96. The maximum Gasteiger partial charge on any atom is 0.229 e. The van der Waals surface area contributed by atoms with Crippen molar-refractivity contribution in [3.8, 4) is 5.69 Å². The first kappa shape index (κ1) is 9.68. The molecule has 0 aliphatic rings. The van der Waals surface area contributed by atoms with E-state index in [0.29, 0.717) is 5.28 Å². The van der Waals surface area contributed by atoms with Gasteiger partial charge in [0.25, 0.3) is 0 Å². The number of aryl methyl sites for hydroxylation is 1. The Hall–Kier alpha value is -0.870. The predicted octanol–water partition coefficient (Wildman–Crippen LogP) is 2.99. The molecule has 0 fully saturated rings. The first-order valence-electron chi connectivity index (χ1n) is 4.02. The third-order valence-corrected chi connectivity index (χ3v) is 2.64. The maximum absolute atomic E-state index is 5.90. The second-order valence-corrected chi connectivity index (χ2v) is 4.08. The fourth-order valence-corrected chi connectivity index (χ4v) is 1.74. The molecule has 0 unspecified atom stereocenters. The van der Waals surface area contributed by atoms with Crippen LogP contribution in [0.5, 0.6) is 0 Å². The second-order valence-electron chi connectivity index (χ2n) is 2.83. The van der Waals surface area contributed by atoms with E-state index in [-0.39, 0.29) is 0 Å². The molecule has 0 N–H and O–H groups in total. The minimum absolute atomic E-state index is 0.379. The first-order chi connectivity index (χ1) is 6.68. The molecule has 0 saturated heterocycles. The van der Waals surface area contributed by atoms with E-state index in [1.165, 1.54) is 0 Å². The average molecular weight is 273 g/mol. The van der Waals surface area contributed by atoms with Gasteiger partial charge in [0, 0.05) is 10.2 Å². The van der Waals surface area contributed by atoms with Crippen molar-refractivity contribution in [2.45, 2.75) is 6.92 Å². The van der Waals surface area contributed by atoms with Gasteiger partial charge in [-0.2, -0.15) is 0 Å². The smallest absolute Gasteiger partial charge is 0.229 e. The maximum atomic E-state index is 5.90. The van der Waals surface area contributed by atoms with Crippen molar-refractivity contribution in [2.24, 2.45) is 0 Å². The van der Waals surface area contributed by atoms with Crippen LogP contribution in [0.15, 0.2) is 28.7 Å². The largest absolute Gasteiger partial charge is 0.270 e. The van der Waals surface area contributed by atoms with Gasteiger partial charge in [-0.15, -0.1) is 10.2 Å². The van der Waals surface area contributed by atoms with Crippen molar-refractivity contribution in [2.75, 3.05) is 0 Å². The molecule has 3 nitrogen and oxygen atoms in total. The van der Waals surface area contributed by atoms with Crippen molar-refractivity contribution >= 4 is 27.5 Å². The molecule has 0 bridgehead atoms. The lowest BCUT2D eigenvalue weighted by molar-refractivity contribution is 0.969. The van der Waals surface area contributed by atoms with Gasteiger partial charge >= 0.3 is 0 Å². The third kappa shape index (κ3) is 1.67. The molecule has 0 aliphatic heterocycles. The fraction of sp³-hybridized carbons (Fsp3) is 0.111. The summed E-state index contributed by atoms with van der Waals surface area (Å²) in [5, 5.41) is 8.05. The Morgan fingerprint density at radius 2 is 1.86 bits per heavy atom. The summed E-state index contributed by atoms with van der Waals surface area (Å²) in [5.41, 5.74) is 0.959. The molecule has 14 heavy (non-hydrogen) atoms. The van der Waals surface area contributed by atoms with E-state index in [4.69, 9.17) is 11.6 Å². The lowest BCUT2D eigenvalue weighted by atomic mass is 10.3. The minimum Gasteiger partial charge on any atom is -0.270 e. The van der Waals surface area contributed by atoms with Crippen LogP contribution in [0.4, 0.5) is 0 Å². The highest BCUT2D eigenvalue weighted by Crippen LogP contribution is 2.18. The zero-order valence-corrected chi connectivity index (χ0v) is 9.75. The SMILES string of the molecule is Cc1nnc(Cl)n1-c1ccc(Br)cc1. The molecule has 0 aliphatic carbocycles. The van der Waals surface area contributed by atoms with Crippen LogP contribution >= 0.6 is 27.5 Å². The number of nitrogens with zero attached hydrogens (tertiary/aromatic N) is 3. The van der Waals surface area contributed by atoms with Crippen molar-refractivity contribution < 1.29 is 0 Å². The standard InChI is InChI=1S/C9H7BrClN3/c1-6-12-13-9(11)14(6)8-4-2-7(10)3-5-8/h2-5H,1H3.